The summed E-state index contributed by atoms with van der Waals surface area (Å²) in [5.41, 5.74) is 1.13. The molecule has 0 heterocycles. The molecule has 0 saturated carbocycles. The van der Waals surface area contributed by atoms with Crippen LogP contribution in [0.2, 0.25) is 0 Å². The molecule has 2 aromatic rings. The van der Waals surface area contributed by atoms with Gasteiger partial charge in [-0.3, -0.25) is 0 Å². The molecule has 102 valence electrons. The second-order valence-electron chi connectivity index (χ2n) is 4.09. The fraction of sp³-hybridized carbons (Fsp3) is 0.0714. The van der Waals surface area contributed by atoms with Crippen molar-refractivity contribution in [2.24, 2.45) is 0 Å². The highest BCUT2D eigenvalue weighted by Crippen LogP contribution is 2.23. The van der Waals surface area contributed by atoms with Gasteiger partial charge in [0.15, 0.2) is 0 Å². The molecule has 2 rings (SSSR count). The van der Waals surface area contributed by atoms with Gasteiger partial charge in [-0.25, -0.2) is 0 Å². The molecule has 0 spiro atoms. The topological polar surface area (TPSA) is 67.2 Å². The predicted octanol–water partition coefficient (Wildman–Crippen LogP) is 3.40. The molecule has 0 unspecified atom stereocenters. The smallest absolute Gasteiger partial charge is 0.339 e. The largest absolute Gasteiger partial charge is 0.379 e. The van der Waals surface area contributed by atoms with E-state index in [1.807, 2.05) is 6.07 Å². The van der Waals surface area contributed by atoms with Gasteiger partial charge in [0.05, 0.1) is 11.6 Å². The van der Waals surface area contributed by atoms with E-state index >= 15 is 0 Å². The molecule has 4 nitrogen and oxygen atoms in total. The second-order valence-corrected chi connectivity index (χ2v) is 6.49. The maximum atomic E-state index is 12.1. The standard InChI is InChI=1S/C14H10BrNO3S/c1-10-7-13(5-6-14(10)15)20(17,18)19-12-4-2-3-11(8-12)9-16/h2-8H,1H3. The summed E-state index contributed by atoms with van der Waals surface area (Å²) in [7, 11) is -3.91. The van der Waals surface area contributed by atoms with Crippen molar-refractivity contribution in [2.75, 3.05) is 0 Å². The van der Waals surface area contributed by atoms with Gasteiger partial charge in [-0.05, 0) is 48.9 Å². The van der Waals surface area contributed by atoms with E-state index in [0.29, 0.717) is 5.56 Å². The first-order valence-corrected chi connectivity index (χ1v) is 7.83. The SMILES string of the molecule is Cc1cc(S(=O)(=O)Oc2cccc(C#N)c2)ccc1Br. The third kappa shape index (κ3) is 3.18. The predicted molar refractivity (Wildman–Crippen MR) is 77.8 cm³/mol. The van der Waals surface area contributed by atoms with Crippen LogP contribution in [0.5, 0.6) is 5.75 Å². The highest BCUT2D eigenvalue weighted by molar-refractivity contribution is 9.10. The molecule has 0 amide bonds. The zero-order valence-corrected chi connectivity index (χ0v) is 12.9. The Labute approximate surface area is 125 Å². The van der Waals surface area contributed by atoms with Gasteiger partial charge >= 0.3 is 10.1 Å². The van der Waals surface area contributed by atoms with Crippen molar-refractivity contribution in [3.8, 4) is 11.8 Å². The van der Waals surface area contributed by atoms with Crippen molar-refractivity contribution >= 4 is 26.0 Å². The van der Waals surface area contributed by atoms with Crippen molar-refractivity contribution in [1.29, 1.82) is 5.26 Å². The summed E-state index contributed by atoms with van der Waals surface area (Å²) in [5.74, 6) is 0.115. The van der Waals surface area contributed by atoms with Gasteiger partial charge in [0.1, 0.15) is 10.6 Å². The van der Waals surface area contributed by atoms with Crippen LogP contribution < -0.4 is 4.18 Å². The Kier molecular flexibility index (Phi) is 4.12. The molecule has 0 aliphatic carbocycles. The first-order valence-electron chi connectivity index (χ1n) is 5.63. The lowest BCUT2D eigenvalue weighted by molar-refractivity contribution is 0.486. The lowest BCUT2D eigenvalue weighted by atomic mass is 10.2. The Morgan fingerprint density at radius 1 is 1.20 bits per heavy atom. The number of aryl methyl sites for hydroxylation is 1. The van der Waals surface area contributed by atoms with E-state index in [2.05, 4.69) is 15.9 Å². The molecule has 2 aromatic carbocycles. The van der Waals surface area contributed by atoms with Crippen LogP contribution in [0, 0.1) is 18.3 Å². The number of nitrogens with zero attached hydrogens (tertiary/aromatic N) is 1. The van der Waals surface area contributed by atoms with Crippen LogP contribution in [-0.4, -0.2) is 8.42 Å². The molecule has 0 saturated heterocycles. The van der Waals surface area contributed by atoms with Crippen molar-refractivity contribution in [2.45, 2.75) is 11.8 Å². The fourth-order valence-electron chi connectivity index (χ4n) is 1.56. The molecule has 0 fully saturated rings. The number of halogens is 1. The Hall–Kier alpha value is -1.84. The van der Waals surface area contributed by atoms with Gasteiger partial charge in [-0.2, -0.15) is 13.7 Å². The van der Waals surface area contributed by atoms with E-state index in [4.69, 9.17) is 9.44 Å². The Balaban J connectivity index is 2.35. The first kappa shape index (κ1) is 14.6. The summed E-state index contributed by atoms with van der Waals surface area (Å²) in [5, 5.41) is 8.78. The quantitative estimate of drug-likeness (QED) is 0.794. The van der Waals surface area contributed by atoms with E-state index in [0.717, 1.165) is 10.0 Å². The molecule has 0 aliphatic heterocycles. The van der Waals surface area contributed by atoms with E-state index in [1.54, 1.807) is 25.1 Å². The van der Waals surface area contributed by atoms with Crippen LogP contribution in [0.15, 0.2) is 51.8 Å². The van der Waals surface area contributed by atoms with Crippen molar-refractivity contribution in [1.82, 2.24) is 0 Å². The van der Waals surface area contributed by atoms with E-state index in [9.17, 15) is 8.42 Å². The molecule has 0 aliphatic rings. The summed E-state index contributed by atoms with van der Waals surface area (Å²) < 4.78 is 30.1. The van der Waals surface area contributed by atoms with E-state index in [-0.39, 0.29) is 10.6 Å². The lowest BCUT2D eigenvalue weighted by Crippen LogP contribution is -2.10. The molecule has 0 atom stereocenters. The third-order valence-electron chi connectivity index (χ3n) is 2.59. The molecular formula is C14H10BrNO3S. The van der Waals surface area contributed by atoms with Gasteiger partial charge in [0, 0.05) is 4.47 Å². The van der Waals surface area contributed by atoms with Crippen LogP contribution in [0.4, 0.5) is 0 Å². The summed E-state index contributed by atoms with van der Waals surface area (Å²) in [6.45, 7) is 1.79. The normalized spacial score (nSPS) is 10.8. The zero-order chi connectivity index (χ0) is 14.8. The Bertz CT molecular complexity index is 794. The third-order valence-corrected chi connectivity index (χ3v) is 4.72. The van der Waals surface area contributed by atoms with E-state index in [1.165, 1.54) is 24.3 Å². The van der Waals surface area contributed by atoms with Crippen LogP contribution in [-0.2, 0) is 10.1 Å². The minimum absolute atomic E-state index is 0.0700. The number of hydrogen-bond donors (Lipinski definition) is 0. The molecule has 6 heteroatoms. The highest BCUT2D eigenvalue weighted by Gasteiger charge is 2.17. The summed E-state index contributed by atoms with van der Waals surface area (Å²) in [6, 6.07) is 12.6. The van der Waals surface area contributed by atoms with Gasteiger partial charge < -0.3 is 4.18 Å². The Morgan fingerprint density at radius 3 is 2.60 bits per heavy atom. The van der Waals surface area contributed by atoms with E-state index < -0.39 is 10.1 Å². The monoisotopic (exact) mass is 351 g/mol. The van der Waals surface area contributed by atoms with Crippen molar-refractivity contribution < 1.29 is 12.6 Å². The summed E-state index contributed by atoms with van der Waals surface area (Å²) in [6.07, 6.45) is 0. The van der Waals surface area contributed by atoms with Crippen molar-refractivity contribution in [3.05, 3.63) is 58.1 Å². The van der Waals surface area contributed by atoms with Crippen LogP contribution in [0.3, 0.4) is 0 Å². The molecule has 20 heavy (non-hydrogen) atoms. The molecule has 0 radical (unpaired) electrons. The second kappa shape index (κ2) is 5.65. The van der Waals surface area contributed by atoms with Gasteiger partial charge in [0.2, 0.25) is 0 Å². The minimum atomic E-state index is -3.91. The average molecular weight is 352 g/mol. The lowest BCUT2D eigenvalue weighted by Gasteiger charge is -2.08. The minimum Gasteiger partial charge on any atom is -0.379 e. The summed E-state index contributed by atoms with van der Waals surface area (Å²) in [4.78, 5) is 0.0700. The first-order chi connectivity index (χ1) is 9.42. The molecule has 0 aromatic heterocycles. The number of benzene rings is 2. The van der Waals surface area contributed by atoms with Gasteiger partial charge in [0.25, 0.3) is 0 Å². The fourth-order valence-corrected chi connectivity index (χ4v) is 2.82. The summed E-state index contributed by atoms with van der Waals surface area (Å²) >= 11 is 3.31. The van der Waals surface area contributed by atoms with Gasteiger partial charge in [-0.1, -0.05) is 22.0 Å². The number of nitriles is 1. The highest BCUT2D eigenvalue weighted by atomic mass is 79.9. The number of rotatable bonds is 3. The molecule has 0 bridgehead atoms. The van der Waals surface area contributed by atoms with Crippen LogP contribution in [0.1, 0.15) is 11.1 Å². The van der Waals surface area contributed by atoms with Crippen LogP contribution in [0.25, 0.3) is 0 Å². The van der Waals surface area contributed by atoms with Crippen LogP contribution >= 0.6 is 15.9 Å². The maximum Gasteiger partial charge on any atom is 0.339 e. The Morgan fingerprint density at radius 2 is 1.95 bits per heavy atom. The number of hydrogen-bond acceptors (Lipinski definition) is 4. The molecule has 0 N–H and O–H groups in total. The maximum absolute atomic E-state index is 12.1. The zero-order valence-electron chi connectivity index (χ0n) is 10.5. The average Bonchev–Trinajstić information content (AvgIpc) is 2.41. The van der Waals surface area contributed by atoms with Gasteiger partial charge in [-0.15, -0.1) is 0 Å². The molecular weight excluding hydrogens is 342 g/mol. The van der Waals surface area contributed by atoms with Crippen molar-refractivity contribution in [3.63, 3.8) is 0 Å².